The molecule has 0 aromatic carbocycles. The Kier molecular flexibility index (Phi) is 11.6. The van der Waals surface area contributed by atoms with E-state index in [2.05, 4.69) is 41.5 Å². The van der Waals surface area contributed by atoms with Crippen LogP contribution in [-0.2, 0) is 0 Å². The van der Waals surface area contributed by atoms with E-state index in [0.717, 1.165) is 24.5 Å². The number of hydrogen-bond acceptors (Lipinski definition) is 0. The quantitative estimate of drug-likeness (QED) is 0.576. The van der Waals surface area contributed by atoms with Crippen LogP contribution in [0.5, 0.6) is 0 Å². The van der Waals surface area contributed by atoms with Crippen molar-refractivity contribution in [3.63, 3.8) is 0 Å². The zero-order valence-corrected chi connectivity index (χ0v) is 13.4. The molecule has 14 heavy (non-hydrogen) atoms. The topological polar surface area (TPSA) is 0 Å². The van der Waals surface area contributed by atoms with E-state index in [4.69, 9.17) is 0 Å². The standard InChI is InChI=1S/C12H27B.Na/c1-10(2)7-13(8-11(3)4)9-12(5)6;/h10-12H,7-9H2,1-6H3;/q-1;+1. The molecule has 0 unspecified atom stereocenters. The first-order valence-electron chi connectivity index (χ1n) is 5.91. The summed E-state index contributed by atoms with van der Waals surface area (Å²) in [4.78, 5) is 0. The minimum Gasteiger partial charge on any atom is -0.206 e. The Bertz CT molecular complexity index is 97.7. The summed E-state index contributed by atoms with van der Waals surface area (Å²) in [6.45, 7) is 15.0. The first-order valence-corrected chi connectivity index (χ1v) is 5.91. The average molecular weight is 205 g/mol. The van der Waals surface area contributed by atoms with E-state index in [0.29, 0.717) is 0 Å². The minimum atomic E-state index is 0. The summed E-state index contributed by atoms with van der Waals surface area (Å²) in [7, 11) is 0. The van der Waals surface area contributed by atoms with Crippen molar-refractivity contribution in [1.29, 1.82) is 0 Å². The first-order chi connectivity index (χ1) is 5.91. The predicted molar refractivity (Wildman–Crippen MR) is 64.7 cm³/mol. The van der Waals surface area contributed by atoms with Gasteiger partial charge in [-0.15, -0.1) is 6.71 Å². The third-order valence-electron chi connectivity index (χ3n) is 2.41. The zero-order chi connectivity index (χ0) is 10.4. The Balaban J connectivity index is 0. The molecule has 0 heterocycles. The third-order valence-corrected chi connectivity index (χ3v) is 2.41. The van der Waals surface area contributed by atoms with Crippen molar-refractivity contribution < 1.29 is 29.6 Å². The minimum absolute atomic E-state index is 0. The van der Waals surface area contributed by atoms with Crippen molar-refractivity contribution in [2.75, 3.05) is 0 Å². The SMILES string of the molecule is CC(C)C[B-](CC(C)C)CC(C)C.[Na+]. The van der Waals surface area contributed by atoms with E-state index < -0.39 is 0 Å². The molecule has 0 amide bonds. The van der Waals surface area contributed by atoms with Gasteiger partial charge >= 0.3 is 29.6 Å². The molecule has 0 rings (SSSR count). The first kappa shape index (κ1) is 17.5. The van der Waals surface area contributed by atoms with Crippen LogP contribution in [-0.4, -0.2) is 6.71 Å². The maximum absolute atomic E-state index is 2.34. The van der Waals surface area contributed by atoms with Gasteiger partial charge in [0.1, 0.15) is 0 Å². The fraction of sp³-hybridized carbons (Fsp3) is 1.00. The Hall–Kier alpha value is 1.06. The molecule has 0 nitrogen and oxygen atoms in total. The van der Waals surface area contributed by atoms with Crippen molar-refractivity contribution in [1.82, 2.24) is 0 Å². The second-order valence-corrected chi connectivity index (χ2v) is 5.75. The fourth-order valence-electron chi connectivity index (χ4n) is 2.29. The number of hydrogen-bond donors (Lipinski definition) is 0. The van der Waals surface area contributed by atoms with Gasteiger partial charge in [0.05, 0.1) is 0 Å². The smallest absolute Gasteiger partial charge is 0.206 e. The van der Waals surface area contributed by atoms with E-state index >= 15 is 0 Å². The van der Waals surface area contributed by atoms with Crippen LogP contribution in [0.3, 0.4) is 0 Å². The maximum Gasteiger partial charge on any atom is 1.00 e. The Morgan fingerprint density at radius 1 is 0.643 bits per heavy atom. The van der Waals surface area contributed by atoms with Crippen LogP contribution in [0.15, 0.2) is 0 Å². The molecule has 0 aromatic heterocycles. The maximum atomic E-state index is 2.34. The second-order valence-electron chi connectivity index (χ2n) is 5.75. The molecule has 0 atom stereocenters. The Morgan fingerprint density at radius 3 is 1.00 bits per heavy atom. The number of rotatable bonds is 6. The molecule has 0 bridgehead atoms. The van der Waals surface area contributed by atoms with Crippen LogP contribution in [0.25, 0.3) is 0 Å². The summed E-state index contributed by atoms with van der Waals surface area (Å²) in [6.07, 6.45) is 4.24. The molecule has 79 valence electrons. The molecule has 0 saturated heterocycles. The zero-order valence-electron chi connectivity index (χ0n) is 11.4. The summed E-state index contributed by atoms with van der Waals surface area (Å²) >= 11 is 0. The van der Waals surface area contributed by atoms with Gasteiger partial charge in [-0.05, 0) is 0 Å². The van der Waals surface area contributed by atoms with Crippen molar-refractivity contribution in [3.8, 4) is 0 Å². The van der Waals surface area contributed by atoms with Crippen molar-refractivity contribution >= 4 is 6.71 Å². The summed E-state index contributed by atoms with van der Waals surface area (Å²) in [6, 6.07) is 0. The molecule has 0 aliphatic rings. The summed E-state index contributed by atoms with van der Waals surface area (Å²) < 4.78 is 0. The van der Waals surface area contributed by atoms with E-state index in [-0.39, 0.29) is 29.6 Å². The normalized spacial score (nSPS) is 11.6. The van der Waals surface area contributed by atoms with Gasteiger partial charge in [0.25, 0.3) is 0 Å². The molecular formula is C12H27BNa. The van der Waals surface area contributed by atoms with Crippen molar-refractivity contribution in [2.45, 2.75) is 60.5 Å². The van der Waals surface area contributed by atoms with Crippen LogP contribution >= 0.6 is 0 Å². The summed E-state index contributed by atoms with van der Waals surface area (Å²) in [5.74, 6) is 2.59. The van der Waals surface area contributed by atoms with Gasteiger partial charge in [-0.1, -0.05) is 59.3 Å². The molecule has 0 aliphatic carbocycles. The van der Waals surface area contributed by atoms with Gasteiger partial charge in [-0.2, -0.15) is 0 Å². The Morgan fingerprint density at radius 2 is 0.857 bits per heavy atom. The average Bonchev–Trinajstić information content (AvgIpc) is 1.80. The molecular weight excluding hydrogens is 178 g/mol. The van der Waals surface area contributed by atoms with Gasteiger partial charge in [0.15, 0.2) is 0 Å². The summed E-state index contributed by atoms with van der Waals surface area (Å²) in [5.41, 5.74) is 0. The van der Waals surface area contributed by atoms with Gasteiger partial charge in [0, 0.05) is 0 Å². The molecule has 1 radical (unpaired) electrons. The largest absolute Gasteiger partial charge is 1.00 e. The molecule has 0 N–H and O–H groups in total. The van der Waals surface area contributed by atoms with Gasteiger partial charge in [0.2, 0.25) is 0 Å². The summed E-state index contributed by atoms with van der Waals surface area (Å²) in [5, 5.41) is 0. The van der Waals surface area contributed by atoms with E-state index in [1.807, 2.05) is 0 Å². The molecule has 0 spiro atoms. The van der Waals surface area contributed by atoms with Crippen LogP contribution in [0.1, 0.15) is 41.5 Å². The monoisotopic (exact) mass is 205 g/mol. The molecule has 0 aliphatic heterocycles. The predicted octanol–water partition coefficient (Wildman–Crippen LogP) is 1.45. The van der Waals surface area contributed by atoms with E-state index in [9.17, 15) is 0 Å². The van der Waals surface area contributed by atoms with E-state index in [1.54, 1.807) is 0 Å². The van der Waals surface area contributed by atoms with Gasteiger partial charge in [-0.3, -0.25) is 0 Å². The van der Waals surface area contributed by atoms with Crippen LogP contribution in [0.2, 0.25) is 19.0 Å². The van der Waals surface area contributed by atoms with Crippen molar-refractivity contribution in [3.05, 3.63) is 0 Å². The third kappa shape index (κ3) is 11.1. The fourth-order valence-corrected chi connectivity index (χ4v) is 2.29. The van der Waals surface area contributed by atoms with E-state index in [1.165, 1.54) is 19.0 Å². The Labute approximate surface area is 114 Å². The second kappa shape index (κ2) is 9.30. The van der Waals surface area contributed by atoms with Crippen LogP contribution < -0.4 is 29.6 Å². The molecule has 0 aromatic rings. The molecule has 0 fully saturated rings. The van der Waals surface area contributed by atoms with Gasteiger partial charge in [-0.25, -0.2) is 19.0 Å². The van der Waals surface area contributed by atoms with Crippen LogP contribution in [0, 0.1) is 17.8 Å². The molecule has 0 saturated carbocycles. The van der Waals surface area contributed by atoms with Gasteiger partial charge < -0.3 is 0 Å². The van der Waals surface area contributed by atoms with Crippen molar-refractivity contribution in [2.24, 2.45) is 17.8 Å². The molecule has 2 heteroatoms. The van der Waals surface area contributed by atoms with Crippen LogP contribution in [0.4, 0.5) is 0 Å².